The highest BCUT2D eigenvalue weighted by atomic mass is 35.5. The maximum Gasteiger partial charge on any atom is 0.255 e. The third-order valence-corrected chi connectivity index (χ3v) is 2.91. The topological polar surface area (TPSA) is 75.4 Å². The van der Waals surface area contributed by atoms with E-state index in [0.717, 1.165) is 0 Å². The number of carbonyl (C=O) groups is 2. The summed E-state index contributed by atoms with van der Waals surface area (Å²) in [6, 6.07) is 4.76. The normalized spacial score (nSPS) is 11.8. The van der Waals surface area contributed by atoms with Gasteiger partial charge in [0.05, 0.1) is 11.3 Å². The molecule has 0 aromatic heterocycles. The van der Waals surface area contributed by atoms with Crippen molar-refractivity contribution in [3.05, 3.63) is 28.8 Å². The fourth-order valence-corrected chi connectivity index (χ4v) is 1.58. The van der Waals surface area contributed by atoms with Crippen LogP contribution in [0.1, 0.15) is 17.3 Å². The molecule has 104 valence electrons. The standard InChI is InChI=1S/C13H18ClN3O2/c1-8(7-15)12(18)16-11-6-9(14)4-5-10(11)13(19)17(2)3/h4-6,8H,7,15H2,1-3H3,(H,16,18). The molecule has 3 N–H and O–H groups in total. The van der Waals surface area contributed by atoms with Crippen LogP contribution in [0.15, 0.2) is 18.2 Å². The van der Waals surface area contributed by atoms with Crippen molar-refractivity contribution in [3.8, 4) is 0 Å². The Morgan fingerprint density at radius 1 is 1.42 bits per heavy atom. The third-order valence-electron chi connectivity index (χ3n) is 2.68. The summed E-state index contributed by atoms with van der Waals surface area (Å²) in [7, 11) is 3.29. The van der Waals surface area contributed by atoms with Gasteiger partial charge < -0.3 is 16.0 Å². The van der Waals surface area contributed by atoms with Crippen molar-refractivity contribution < 1.29 is 9.59 Å². The first kappa shape index (κ1) is 15.5. The van der Waals surface area contributed by atoms with E-state index in [1.54, 1.807) is 39.2 Å². The van der Waals surface area contributed by atoms with Crippen molar-refractivity contribution in [2.24, 2.45) is 11.7 Å². The zero-order valence-electron chi connectivity index (χ0n) is 11.2. The van der Waals surface area contributed by atoms with E-state index in [1.807, 2.05) is 0 Å². The SMILES string of the molecule is CC(CN)C(=O)Nc1cc(Cl)ccc1C(=O)N(C)C. The molecule has 2 amide bonds. The Hall–Kier alpha value is -1.59. The van der Waals surface area contributed by atoms with Crippen LogP contribution in [0.25, 0.3) is 0 Å². The lowest BCUT2D eigenvalue weighted by molar-refractivity contribution is -0.119. The molecule has 1 aromatic carbocycles. The third kappa shape index (κ3) is 3.94. The molecule has 1 rings (SSSR count). The first-order valence-electron chi connectivity index (χ1n) is 5.89. The molecular formula is C13H18ClN3O2. The Morgan fingerprint density at radius 3 is 2.58 bits per heavy atom. The Bertz CT molecular complexity index is 489. The number of benzene rings is 1. The van der Waals surface area contributed by atoms with Crippen LogP contribution in [-0.2, 0) is 4.79 Å². The van der Waals surface area contributed by atoms with E-state index in [4.69, 9.17) is 17.3 Å². The number of anilines is 1. The summed E-state index contributed by atoms with van der Waals surface area (Å²) in [5.41, 5.74) is 6.24. The molecule has 0 spiro atoms. The van der Waals surface area contributed by atoms with Gasteiger partial charge in [-0.1, -0.05) is 18.5 Å². The van der Waals surface area contributed by atoms with Crippen LogP contribution in [0.2, 0.25) is 5.02 Å². The van der Waals surface area contributed by atoms with Crippen LogP contribution in [0, 0.1) is 5.92 Å². The largest absolute Gasteiger partial charge is 0.345 e. The smallest absolute Gasteiger partial charge is 0.255 e. The Balaban J connectivity index is 3.08. The Kier molecular flexibility index (Phi) is 5.32. The lowest BCUT2D eigenvalue weighted by Gasteiger charge is -2.16. The Morgan fingerprint density at radius 2 is 2.05 bits per heavy atom. The van der Waals surface area contributed by atoms with Gasteiger partial charge in [-0.05, 0) is 18.2 Å². The molecule has 0 aliphatic heterocycles. The number of halogens is 1. The molecule has 1 atom stereocenters. The second-order valence-electron chi connectivity index (χ2n) is 4.52. The van der Waals surface area contributed by atoms with Crippen LogP contribution in [-0.4, -0.2) is 37.4 Å². The maximum atomic E-state index is 12.0. The molecule has 0 bridgehead atoms. The van der Waals surface area contributed by atoms with Gasteiger partial charge >= 0.3 is 0 Å². The minimum Gasteiger partial charge on any atom is -0.345 e. The number of nitrogens with zero attached hydrogens (tertiary/aromatic N) is 1. The summed E-state index contributed by atoms with van der Waals surface area (Å²) >= 11 is 5.90. The number of nitrogens with one attached hydrogen (secondary N) is 1. The lowest BCUT2D eigenvalue weighted by atomic mass is 10.1. The predicted molar refractivity (Wildman–Crippen MR) is 76.3 cm³/mol. The number of rotatable bonds is 4. The van der Waals surface area contributed by atoms with Gasteiger partial charge in [-0.3, -0.25) is 9.59 Å². The number of hydrogen-bond acceptors (Lipinski definition) is 3. The minimum atomic E-state index is -0.332. The van der Waals surface area contributed by atoms with E-state index in [1.165, 1.54) is 4.90 Å². The summed E-state index contributed by atoms with van der Waals surface area (Å²) < 4.78 is 0. The van der Waals surface area contributed by atoms with Crippen molar-refractivity contribution in [3.63, 3.8) is 0 Å². The van der Waals surface area contributed by atoms with Gasteiger partial charge in [0.25, 0.3) is 5.91 Å². The number of carbonyl (C=O) groups excluding carboxylic acids is 2. The van der Waals surface area contributed by atoms with Crippen molar-refractivity contribution in [1.29, 1.82) is 0 Å². The van der Waals surface area contributed by atoms with E-state index in [0.29, 0.717) is 16.3 Å². The molecule has 0 heterocycles. The second-order valence-corrected chi connectivity index (χ2v) is 4.95. The monoisotopic (exact) mass is 283 g/mol. The van der Waals surface area contributed by atoms with Crippen molar-refractivity contribution in [2.45, 2.75) is 6.92 Å². The maximum absolute atomic E-state index is 12.0. The zero-order chi connectivity index (χ0) is 14.6. The second kappa shape index (κ2) is 6.54. The Labute approximate surface area is 117 Å². The quantitative estimate of drug-likeness (QED) is 0.881. The molecule has 0 saturated carbocycles. The molecule has 0 saturated heterocycles. The van der Waals surface area contributed by atoms with Gasteiger partial charge in [0.2, 0.25) is 5.91 Å². The fraction of sp³-hybridized carbons (Fsp3) is 0.385. The van der Waals surface area contributed by atoms with Gasteiger partial charge in [0.15, 0.2) is 0 Å². The summed E-state index contributed by atoms with van der Waals surface area (Å²) in [5, 5.41) is 3.14. The molecule has 0 radical (unpaired) electrons. The fourth-order valence-electron chi connectivity index (χ4n) is 1.41. The van der Waals surface area contributed by atoms with E-state index < -0.39 is 0 Å². The summed E-state index contributed by atoms with van der Waals surface area (Å²) in [6.45, 7) is 1.96. The van der Waals surface area contributed by atoms with Gasteiger partial charge in [-0.15, -0.1) is 0 Å². The molecule has 1 unspecified atom stereocenters. The van der Waals surface area contributed by atoms with E-state index >= 15 is 0 Å². The summed E-state index contributed by atoms with van der Waals surface area (Å²) in [5.74, 6) is -0.772. The van der Waals surface area contributed by atoms with Gasteiger partial charge in [-0.25, -0.2) is 0 Å². The van der Waals surface area contributed by atoms with Gasteiger partial charge in [0, 0.05) is 31.6 Å². The van der Waals surface area contributed by atoms with Gasteiger partial charge in [-0.2, -0.15) is 0 Å². The molecule has 6 heteroatoms. The molecular weight excluding hydrogens is 266 g/mol. The van der Waals surface area contributed by atoms with Crippen molar-refractivity contribution in [2.75, 3.05) is 26.0 Å². The summed E-state index contributed by atoms with van der Waals surface area (Å²) in [4.78, 5) is 25.3. The zero-order valence-corrected chi connectivity index (χ0v) is 12.0. The lowest BCUT2D eigenvalue weighted by Crippen LogP contribution is -2.29. The van der Waals surface area contributed by atoms with Crippen LogP contribution in [0.3, 0.4) is 0 Å². The van der Waals surface area contributed by atoms with Crippen LogP contribution < -0.4 is 11.1 Å². The highest BCUT2D eigenvalue weighted by molar-refractivity contribution is 6.31. The van der Waals surface area contributed by atoms with E-state index in [2.05, 4.69) is 5.32 Å². The molecule has 0 aliphatic carbocycles. The van der Waals surface area contributed by atoms with E-state index in [9.17, 15) is 9.59 Å². The van der Waals surface area contributed by atoms with Gasteiger partial charge in [0.1, 0.15) is 0 Å². The molecule has 19 heavy (non-hydrogen) atoms. The van der Waals surface area contributed by atoms with Crippen LogP contribution >= 0.6 is 11.6 Å². The van der Waals surface area contributed by atoms with Crippen molar-refractivity contribution in [1.82, 2.24) is 4.90 Å². The number of hydrogen-bond donors (Lipinski definition) is 2. The molecule has 5 nitrogen and oxygen atoms in total. The average molecular weight is 284 g/mol. The van der Waals surface area contributed by atoms with Crippen molar-refractivity contribution >= 4 is 29.1 Å². The van der Waals surface area contributed by atoms with Crippen LogP contribution in [0.4, 0.5) is 5.69 Å². The highest BCUT2D eigenvalue weighted by Gasteiger charge is 2.17. The highest BCUT2D eigenvalue weighted by Crippen LogP contribution is 2.22. The van der Waals surface area contributed by atoms with Crippen LogP contribution in [0.5, 0.6) is 0 Å². The first-order valence-corrected chi connectivity index (χ1v) is 6.26. The first-order chi connectivity index (χ1) is 8.86. The molecule has 0 aliphatic rings. The molecule has 0 fully saturated rings. The average Bonchev–Trinajstić information content (AvgIpc) is 2.37. The predicted octanol–water partition coefficient (Wildman–Crippen LogP) is 1.58. The van der Waals surface area contributed by atoms with E-state index in [-0.39, 0.29) is 24.3 Å². The minimum absolute atomic E-state index is 0.202. The number of nitrogens with two attached hydrogens (primary N) is 1. The molecule has 1 aromatic rings. The number of amides is 2. The summed E-state index contributed by atoms with van der Waals surface area (Å²) in [6.07, 6.45) is 0.